The third-order valence-corrected chi connectivity index (χ3v) is 5.63. The molecule has 2 fully saturated rings. The van der Waals surface area contributed by atoms with Crippen molar-refractivity contribution in [3.05, 3.63) is 24.8 Å². The summed E-state index contributed by atoms with van der Waals surface area (Å²) in [6.45, 7) is 11.0. The van der Waals surface area contributed by atoms with E-state index >= 15 is 0 Å². The van der Waals surface area contributed by atoms with E-state index in [9.17, 15) is 4.79 Å². The molecule has 35 heavy (non-hydrogen) atoms. The Balaban J connectivity index is 1.37. The van der Waals surface area contributed by atoms with Crippen LogP contribution < -0.4 is 11.1 Å². The Morgan fingerprint density at radius 2 is 2.00 bits per heavy atom. The predicted molar refractivity (Wildman–Crippen MR) is 128 cm³/mol. The van der Waals surface area contributed by atoms with Gasteiger partial charge in [0, 0.05) is 19.6 Å². The van der Waals surface area contributed by atoms with Gasteiger partial charge in [-0.15, -0.1) is 0 Å². The van der Waals surface area contributed by atoms with Crippen LogP contribution in [0.25, 0.3) is 11.2 Å². The molecule has 0 aliphatic carbocycles. The van der Waals surface area contributed by atoms with Gasteiger partial charge in [0.15, 0.2) is 23.5 Å². The molecule has 2 saturated heterocycles. The van der Waals surface area contributed by atoms with Crippen molar-refractivity contribution in [1.82, 2.24) is 29.7 Å². The fourth-order valence-corrected chi connectivity index (χ4v) is 4.26. The number of nitrogens with one attached hydrogen (secondary N) is 1. The molecule has 192 valence electrons. The van der Waals surface area contributed by atoms with Gasteiger partial charge in [-0.25, -0.2) is 19.7 Å². The second kappa shape index (κ2) is 9.69. The smallest absolute Gasteiger partial charge is 0.407 e. The van der Waals surface area contributed by atoms with Crippen molar-refractivity contribution in [2.45, 2.75) is 70.5 Å². The zero-order valence-electron chi connectivity index (χ0n) is 21.1. The zero-order valence-corrected chi connectivity index (χ0v) is 21.1. The number of rotatable bonds is 7. The summed E-state index contributed by atoms with van der Waals surface area (Å²) >= 11 is 0. The van der Waals surface area contributed by atoms with Crippen molar-refractivity contribution in [1.29, 1.82) is 0 Å². The summed E-state index contributed by atoms with van der Waals surface area (Å²) in [5.74, 6) is -0.414. The predicted octanol–water partition coefficient (Wildman–Crippen LogP) is 1.84. The lowest BCUT2D eigenvalue weighted by Crippen LogP contribution is -2.38. The van der Waals surface area contributed by atoms with E-state index in [0.29, 0.717) is 36.6 Å². The largest absolute Gasteiger partial charge is 0.444 e. The van der Waals surface area contributed by atoms with Crippen LogP contribution in [0.3, 0.4) is 0 Å². The standard InChI is InChI=1S/C23H35N7O5/c1-22(2,3)35-21(31)25-9-7-8-10-29(6)11-14-16-17(34-23(4,5)33-16)20(32-14)30-13-28-15-18(24)26-12-27-19(15)30/h7-8,12-14,16-17,20H,9-11H2,1-6H3,(H,25,31)(H2,24,26,27)/b8-7-/t14-,16?,17?,20-/m1/s1. The van der Waals surface area contributed by atoms with Gasteiger partial charge in [0.2, 0.25) is 0 Å². The third kappa shape index (κ3) is 5.89. The highest BCUT2D eigenvalue weighted by atomic mass is 16.8. The minimum absolute atomic E-state index is 0.235. The van der Waals surface area contributed by atoms with Gasteiger partial charge in [-0.2, -0.15) is 0 Å². The molecule has 4 atom stereocenters. The molecule has 4 rings (SSSR count). The van der Waals surface area contributed by atoms with Gasteiger partial charge < -0.3 is 34.9 Å². The van der Waals surface area contributed by atoms with E-state index in [-0.39, 0.29) is 18.3 Å². The average molecular weight is 490 g/mol. The molecule has 12 nitrogen and oxygen atoms in total. The summed E-state index contributed by atoms with van der Waals surface area (Å²) in [4.78, 5) is 26.6. The molecule has 0 radical (unpaired) electrons. The van der Waals surface area contributed by atoms with E-state index in [1.54, 1.807) is 6.33 Å². The molecule has 2 aromatic heterocycles. The molecule has 12 heteroatoms. The van der Waals surface area contributed by atoms with Crippen molar-refractivity contribution in [2.75, 3.05) is 32.4 Å². The fraction of sp³-hybridized carbons (Fsp3) is 0.652. The number of nitrogens with zero attached hydrogens (tertiary/aromatic N) is 5. The maximum atomic E-state index is 11.7. The van der Waals surface area contributed by atoms with Crippen LogP contribution in [-0.4, -0.2) is 86.9 Å². The number of hydrogen-bond acceptors (Lipinski definition) is 10. The lowest BCUT2D eigenvalue weighted by atomic mass is 10.1. The Morgan fingerprint density at radius 3 is 2.74 bits per heavy atom. The maximum Gasteiger partial charge on any atom is 0.407 e. The summed E-state index contributed by atoms with van der Waals surface area (Å²) in [6.07, 6.45) is 5.22. The maximum absolute atomic E-state index is 11.7. The molecule has 0 aromatic carbocycles. The van der Waals surface area contributed by atoms with Crippen molar-refractivity contribution in [2.24, 2.45) is 0 Å². The van der Waals surface area contributed by atoms with Gasteiger partial charge in [-0.3, -0.25) is 4.57 Å². The van der Waals surface area contributed by atoms with Gasteiger partial charge >= 0.3 is 6.09 Å². The number of amides is 1. The van der Waals surface area contributed by atoms with E-state index in [1.165, 1.54) is 6.33 Å². The van der Waals surface area contributed by atoms with Crippen LogP contribution in [0, 0.1) is 0 Å². The SMILES string of the molecule is CN(C/C=C\CNC(=O)OC(C)(C)C)C[C@H]1O[C@@H](n2cnc3c(N)ncnc32)C2OC(C)(C)OC21. The fourth-order valence-electron chi connectivity index (χ4n) is 4.26. The normalized spacial score (nSPS) is 26.0. The average Bonchev–Trinajstić information content (AvgIpc) is 3.39. The number of alkyl carbamates (subject to hydrolysis) is 1. The number of anilines is 1. The highest BCUT2D eigenvalue weighted by Crippen LogP contribution is 2.44. The molecular formula is C23H35N7O5. The molecular weight excluding hydrogens is 454 g/mol. The number of imidazole rings is 1. The number of aromatic nitrogens is 4. The number of fused-ring (bicyclic) bond motifs is 2. The van der Waals surface area contributed by atoms with E-state index in [2.05, 4.69) is 25.2 Å². The number of likely N-dealkylation sites (N-methyl/N-ethyl adjacent to an activating group) is 1. The van der Waals surface area contributed by atoms with E-state index in [0.717, 1.165) is 0 Å². The Kier molecular flexibility index (Phi) is 7.00. The Bertz CT molecular complexity index is 1080. The number of ether oxygens (including phenoxy) is 4. The highest BCUT2D eigenvalue weighted by molar-refractivity contribution is 5.81. The van der Waals surface area contributed by atoms with Crippen LogP contribution in [0.1, 0.15) is 40.8 Å². The van der Waals surface area contributed by atoms with Gasteiger partial charge in [0.25, 0.3) is 0 Å². The first-order valence-corrected chi connectivity index (χ1v) is 11.7. The number of carbonyl (C=O) groups excluding carboxylic acids is 1. The summed E-state index contributed by atoms with van der Waals surface area (Å²) in [5, 5.41) is 2.71. The number of nitrogens with two attached hydrogens (primary N) is 1. The molecule has 3 N–H and O–H groups in total. The second-order valence-corrected chi connectivity index (χ2v) is 10.3. The second-order valence-electron chi connectivity index (χ2n) is 10.3. The molecule has 4 heterocycles. The molecule has 0 saturated carbocycles. The Morgan fingerprint density at radius 1 is 1.26 bits per heavy atom. The minimum atomic E-state index is -0.730. The van der Waals surface area contributed by atoms with Crippen LogP contribution in [0.2, 0.25) is 0 Å². The van der Waals surface area contributed by atoms with Crippen LogP contribution in [0.15, 0.2) is 24.8 Å². The molecule has 2 aliphatic heterocycles. The van der Waals surface area contributed by atoms with Gasteiger partial charge in [-0.1, -0.05) is 12.2 Å². The lowest BCUT2D eigenvalue weighted by molar-refractivity contribution is -0.197. The monoisotopic (exact) mass is 489 g/mol. The summed E-state index contributed by atoms with van der Waals surface area (Å²) < 4.78 is 25.9. The van der Waals surface area contributed by atoms with E-state index in [1.807, 2.05) is 58.4 Å². The topological polar surface area (TPSA) is 139 Å². The minimum Gasteiger partial charge on any atom is -0.444 e. The number of carbonyl (C=O) groups is 1. The van der Waals surface area contributed by atoms with Crippen molar-refractivity contribution in [3.63, 3.8) is 0 Å². The first kappa shape index (κ1) is 25.3. The zero-order chi connectivity index (χ0) is 25.4. The van der Waals surface area contributed by atoms with Gasteiger partial charge in [0.1, 0.15) is 35.8 Å². The van der Waals surface area contributed by atoms with Crippen LogP contribution in [0.4, 0.5) is 10.6 Å². The molecule has 0 spiro atoms. The molecule has 0 bridgehead atoms. The summed E-state index contributed by atoms with van der Waals surface area (Å²) in [5.41, 5.74) is 6.55. The number of hydrogen-bond donors (Lipinski definition) is 2. The lowest BCUT2D eigenvalue weighted by Gasteiger charge is -2.26. The third-order valence-electron chi connectivity index (χ3n) is 5.63. The van der Waals surface area contributed by atoms with E-state index in [4.69, 9.17) is 24.7 Å². The van der Waals surface area contributed by atoms with Crippen LogP contribution in [0.5, 0.6) is 0 Å². The Labute approximate surface area is 204 Å². The first-order chi connectivity index (χ1) is 16.4. The van der Waals surface area contributed by atoms with E-state index < -0.39 is 23.7 Å². The molecule has 2 aliphatic rings. The quantitative estimate of drug-likeness (QED) is 0.554. The summed E-state index contributed by atoms with van der Waals surface area (Å²) in [7, 11) is 2.00. The van der Waals surface area contributed by atoms with Crippen LogP contribution >= 0.6 is 0 Å². The first-order valence-electron chi connectivity index (χ1n) is 11.7. The number of nitrogen functional groups attached to an aromatic ring is 1. The van der Waals surface area contributed by atoms with Gasteiger partial charge in [-0.05, 0) is 41.7 Å². The molecule has 2 aromatic rings. The van der Waals surface area contributed by atoms with Crippen LogP contribution in [-0.2, 0) is 18.9 Å². The van der Waals surface area contributed by atoms with Crippen molar-refractivity contribution < 1.29 is 23.7 Å². The molecule has 2 unspecified atom stereocenters. The van der Waals surface area contributed by atoms with Crippen molar-refractivity contribution in [3.8, 4) is 0 Å². The molecule has 1 amide bonds. The van der Waals surface area contributed by atoms with Gasteiger partial charge in [0.05, 0.1) is 6.33 Å². The summed E-state index contributed by atoms with van der Waals surface area (Å²) in [6, 6.07) is 0. The van der Waals surface area contributed by atoms with Crippen molar-refractivity contribution >= 4 is 23.1 Å². The Hall–Kier alpha value is -2.80. The highest BCUT2D eigenvalue weighted by Gasteiger charge is 2.56.